The number of aromatic amines is 1. The number of anilines is 2. The molecule has 2 atom stereocenters. The van der Waals surface area contributed by atoms with Crippen molar-refractivity contribution in [3.63, 3.8) is 0 Å². The maximum absolute atomic E-state index is 16.7. The van der Waals surface area contributed by atoms with Crippen LogP contribution in [0.25, 0.3) is 10.9 Å². The summed E-state index contributed by atoms with van der Waals surface area (Å²) in [6.07, 6.45) is 3.83. The smallest absolute Gasteiger partial charge is 0.341 e. The molecule has 2 fully saturated rings. The molecule has 48 heavy (non-hydrogen) atoms. The van der Waals surface area contributed by atoms with E-state index < -0.39 is 45.9 Å². The maximum Gasteiger partial charge on any atom is 0.341 e. The van der Waals surface area contributed by atoms with Gasteiger partial charge in [0.1, 0.15) is 17.2 Å². The van der Waals surface area contributed by atoms with E-state index in [1.807, 2.05) is 36.9 Å². The quantitative estimate of drug-likeness (QED) is 0.183. The summed E-state index contributed by atoms with van der Waals surface area (Å²) in [5, 5.41) is 15.7. The molecule has 1 aliphatic heterocycles. The number of aromatic carboxylic acids is 1. The molecule has 4 N–H and O–H groups in total. The van der Waals surface area contributed by atoms with Crippen LogP contribution >= 0.6 is 0 Å². The van der Waals surface area contributed by atoms with Crippen molar-refractivity contribution in [2.75, 3.05) is 25.0 Å². The second-order valence-corrected chi connectivity index (χ2v) is 12.9. The zero-order valence-electron chi connectivity index (χ0n) is 27.2. The average Bonchev–Trinajstić information content (AvgIpc) is 3.88. The van der Waals surface area contributed by atoms with Crippen molar-refractivity contribution >= 4 is 28.4 Å². The second-order valence-electron chi connectivity index (χ2n) is 12.9. The highest BCUT2D eigenvalue weighted by Crippen LogP contribution is 2.40. The number of aromatic nitrogens is 3. The third kappa shape index (κ3) is 6.56. The number of hydrogen-bond donors (Lipinski definition) is 4. The van der Waals surface area contributed by atoms with E-state index in [2.05, 4.69) is 22.5 Å². The predicted octanol–water partition coefficient (Wildman–Crippen LogP) is 4.59. The van der Waals surface area contributed by atoms with Gasteiger partial charge in [0.2, 0.25) is 5.43 Å². The number of benzene rings is 2. The molecule has 11 nitrogen and oxygen atoms in total. The molecule has 1 saturated heterocycles. The first kappa shape index (κ1) is 33.3. The molecule has 1 aliphatic carbocycles. The topological polar surface area (TPSA) is 141 Å². The van der Waals surface area contributed by atoms with E-state index in [1.54, 1.807) is 0 Å². The number of carbonyl (C=O) groups is 1. The van der Waals surface area contributed by atoms with Crippen molar-refractivity contribution < 1.29 is 18.7 Å². The van der Waals surface area contributed by atoms with Gasteiger partial charge in [0, 0.05) is 67.8 Å². The Balaban J connectivity index is 1.31. The molecule has 0 spiro atoms. The Hall–Kier alpha value is -4.62. The van der Waals surface area contributed by atoms with Crippen LogP contribution < -0.4 is 27.3 Å². The number of piperazine rings is 1. The standard InChI is InChI=1S/C35H40F2N6O5/c1-4-21-14-22(8-7-19(21)2)39-28-16-29(44)42(35(48)40-28)12-5-6-27(41-13-11-38-20(3)17-41)30-26(36)15-24-32(31(30)37)43(23-9-10-23)18-25(33(24)45)34(46)47/h7-8,14-16,18,20,23,27,38-39H,4-6,9-13,17H2,1-3H3,(H,40,48)(H,46,47)/t20?,27-/m1/s1. The van der Waals surface area contributed by atoms with Gasteiger partial charge in [-0.2, -0.15) is 0 Å². The fourth-order valence-corrected chi connectivity index (χ4v) is 6.84. The van der Waals surface area contributed by atoms with E-state index in [1.165, 1.54) is 10.6 Å². The van der Waals surface area contributed by atoms with Crippen LogP contribution in [-0.2, 0) is 13.0 Å². The molecule has 0 bridgehead atoms. The SMILES string of the molecule is CCc1cc(Nc2cc(=O)n(CCC[C@H](c3c(F)cc4c(=O)c(C(=O)O)cn(C5CC5)c4c3F)N3CCNC(C)C3)c(=O)[nH]2)ccc1C. The summed E-state index contributed by atoms with van der Waals surface area (Å²) in [5.41, 5.74) is 0.131. The van der Waals surface area contributed by atoms with Crippen molar-refractivity contribution in [3.8, 4) is 0 Å². The zero-order chi connectivity index (χ0) is 34.3. The minimum atomic E-state index is -1.45. The molecule has 2 aromatic heterocycles. The van der Waals surface area contributed by atoms with Gasteiger partial charge in [-0.05, 0) is 75.3 Å². The molecule has 4 aromatic rings. The molecule has 13 heteroatoms. The number of halogens is 2. The third-order valence-electron chi connectivity index (χ3n) is 9.48. The number of hydrogen-bond acceptors (Lipinski definition) is 7. The Labute approximate surface area is 275 Å². The maximum atomic E-state index is 16.7. The lowest BCUT2D eigenvalue weighted by molar-refractivity contribution is 0.0694. The van der Waals surface area contributed by atoms with Crippen LogP contribution in [0.15, 0.2) is 50.9 Å². The average molecular weight is 663 g/mol. The molecule has 254 valence electrons. The molecule has 0 radical (unpaired) electrons. The molecule has 3 heterocycles. The van der Waals surface area contributed by atoms with Crippen LogP contribution in [0.3, 0.4) is 0 Å². The van der Waals surface area contributed by atoms with Crippen molar-refractivity contribution in [1.29, 1.82) is 0 Å². The summed E-state index contributed by atoms with van der Waals surface area (Å²) in [6, 6.07) is 7.16. The van der Waals surface area contributed by atoms with Gasteiger partial charge >= 0.3 is 11.7 Å². The highest BCUT2D eigenvalue weighted by atomic mass is 19.1. The number of rotatable bonds is 11. The van der Waals surface area contributed by atoms with Gasteiger partial charge in [0.15, 0.2) is 5.82 Å². The number of carboxylic acid groups (broad SMARTS) is 1. The highest BCUT2D eigenvalue weighted by molar-refractivity contribution is 5.93. The first-order valence-electron chi connectivity index (χ1n) is 16.4. The molecular weight excluding hydrogens is 622 g/mol. The van der Waals surface area contributed by atoms with Crippen molar-refractivity contribution in [1.82, 2.24) is 24.3 Å². The van der Waals surface area contributed by atoms with Gasteiger partial charge in [-0.3, -0.25) is 24.0 Å². The summed E-state index contributed by atoms with van der Waals surface area (Å²) in [4.78, 5) is 55.7. The first-order valence-corrected chi connectivity index (χ1v) is 16.4. The van der Waals surface area contributed by atoms with Crippen LogP contribution in [0.5, 0.6) is 0 Å². The van der Waals surface area contributed by atoms with E-state index in [0.29, 0.717) is 32.5 Å². The second kappa shape index (κ2) is 13.5. The van der Waals surface area contributed by atoms with Gasteiger partial charge in [-0.1, -0.05) is 13.0 Å². The fourth-order valence-electron chi connectivity index (χ4n) is 6.84. The number of fused-ring (bicyclic) bond motifs is 1. The lowest BCUT2D eigenvalue weighted by Crippen LogP contribution is -2.50. The zero-order valence-corrected chi connectivity index (χ0v) is 27.2. The highest BCUT2D eigenvalue weighted by Gasteiger charge is 2.34. The number of nitrogens with zero attached hydrogens (tertiary/aromatic N) is 3. The number of carboxylic acids is 1. The Morgan fingerprint density at radius 2 is 1.92 bits per heavy atom. The van der Waals surface area contributed by atoms with Crippen LogP contribution in [0.2, 0.25) is 0 Å². The Morgan fingerprint density at radius 3 is 2.58 bits per heavy atom. The molecule has 1 saturated carbocycles. The predicted molar refractivity (Wildman–Crippen MR) is 180 cm³/mol. The van der Waals surface area contributed by atoms with Crippen molar-refractivity contribution in [3.05, 3.63) is 101 Å². The number of aryl methyl sites for hydroxylation is 2. The van der Waals surface area contributed by atoms with Crippen molar-refractivity contribution in [2.24, 2.45) is 0 Å². The van der Waals surface area contributed by atoms with Gasteiger partial charge in [-0.25, -0.2) is 18.4 Å². The fraction of sp³-hybridized carbons (Fsp3) is 0.429. The van der Waals surface area contributed by atoms with E-state index >= 15 is 8.78 Å². The summed E-state index contributed by atoms with van der Waals surface area (Å²) in [7, 11) is 0. The monoisotopic (exact) mass is 662 g/mol. The van der Waals surface area contributed by atoms with Crippen LogP contribution in [0.1, 0.15) is 78.7 Å². The summed E-state index contributed by atoms with van der Waals surface area (Å²) >= 11 is 0. The van der Waals surface area contributed by atoms with Gasteiger partial charge in [-0.15, -0.1) is 0 Å². The molecule has 2 aliphatic rings. The van der Waals surface area contributed by atoms with E-state index in [-0.39, 0.29) is 53.8 Å². The molecular formula is C35H40F2N6O5. The Kier molecular flexibility index (Phi) is 9.35. The van der Waals surface area contributed by atoms with Gasteiger partial charge in [0.05, 0.1) is 10.9 Å². The van der Waals surface area contributed by atoms with Gasteiger partial charge < -0.3 is 20.3 Å². The van der Waals surface area contributed by atoms with E-state index in [4.69, 9.17) is 0 Å². The largest absolute Gasteiger partial charge is 0.477 e. The number of pyridine rings is 1. The van der Waals surface area contributed by atoms with Gasteiger partial charge in [0.25, 0.3) is 5.56 Å². The normalized spacial score (nSPS) is 17.5. The third-order valence-corrected chi connectivity index (χ3v) is 9.48. The first-order chi connectivity index (χ1) is 23.0. The molecule has 2 aromatic carbocycles. The minimum Gasteiger partial charge on any atom is -0.477 e. The Bertz CT molecular complexity index is 2040. The van der Waals surface area contributed by atoms with Crippen LogP contribution in [-0.4, -0.2) is 55.8 Å². The van der Waals surface area contributed by atoms with Crippen LogP contribution in [0, 0.1) is 18.6 Å². The Morgan fingerprint density at radius 1 is 1.15 bits per heavy atom. The lowest BCUT2D eigenvalue weighted by atomic mass is 9.95. The van der Waals surface area contributed by atoms with Crippen LogP contribution in [0.4, 0.5) is 20.3 Å². The summed E-state index contributed by atoms with van der Waals surface area (Å²) in [5.74, 6) is -3.03. The summed E-state index contributed by atoms with van der Waals surface area (Å²) < 4.78 is 35.2. The van der Waals surface area contributed by atoms with Crippen molar-refractivity contribution in [2.45, 2.75) is 77.5 Å². The molecule has 6 rings (SSSR count). The number of H-pyrrole nitrogens is 1. The molecule has 0 amide bonds. The lowest BCUT2D eigenvalue weighted by Gasteiger charge is -2.38. The molecule has 1 unspecified atom stereocenters. The number of nitrogens with one attached hydrogen (secondary N) is 3. The van der Waals surface area contributed by atoms with E-state index in [9.17, 15) is 24.3 Å². The summed E-state index contributed by atoms with van der Waals surface area (Å²) in [6.45, 7) is 7.65. The minimum absolute atomic E-state index is 0.0165. The van der Waals surface area contributed by atoms with E-state index in [0.717, 1.165) is 40.1 Å².